The van der Waals surface area contributed by atoms with Crippen LogP contribution in [0, 0.1) is 6.92 Å². The van der Waals surface area contributed by atoms with Crippen LogP contribution in [0.3, 0.4) is 0 Å². The number of halogens is 2. The largest absolute Gasteiger partial charge is 0.433 e. The first kappa shape index (κ1) is 21.2. The average molecular weight is 424 g/mol. The van der Waals surface area contributed by atoms with E-state index in [4.69, 9.17) is 0 Å². The number of alkyl halides is 2. The highest BCUT2D eigenvalue weighted by Gasteiger charge is 2.27. The van der Waals surface area contributed by atoms with E-state index < -0.39 is 22.5 Å². The average Bonchev–Trinajstić information content (AvgIpc) is 2.70. The highest BCUT2D eigenvalue weighted by Crippen LogP contribution is 2.27. The van der Waals surface area contributed by atoms with Crippen LogP contribution in [0.5, 0.6) is 5.75 Å². The third-order valence-corrected chi connectivity index (χ3v) is 6.65. The monoisotopic (exact) mass is 424 g/mol. The summed E-state index contributed by atoms with van der Waals surface area (Å²) in [4.78, 5) is 12.8. The van der Waals surface area contributed by atoms with Crippen LogP contribution < -0.4 is 10.1 Å². The molecule has 29 heavy (non-hydrogen) atoms. The van der Waals surface area contributed by atoms with Crippen molar-refractivity contribution in [2.24, 2.45) is 0 Å². The van der Waals surface area contributed by atoms with Crippen molar-refractivity contribution in [3.8, 4) is 5.75 Å². The van der Waals surface area contributed by atoms with Crippen molar-refractivity contribution in [1.29, 1.82) is 0 Å². The van der Waals surface area contributed by atoms with Crippen LogP contribution in [0.4, 0.5) is 14.5 Å². The van der Waals surface area contributed by atoms with Gasteiger partial charge in [0, 0.05) is 18.7 Å². The van der Waals surface area contributed by atoms with Crippen molar-refractivity contribution >= 4 is 21.6 Å². The Labute approximate surface area is 168 Å². The van der Waals surface area contributed by atoms with E-state index >= 15 is 0 Å². The molecular weight excluding hydrogens is 402 g/mol. The Morgan fingerprint density at radius 2 is 1.79 bits per heavy atom. The van der Waals surface area contributed by atoms with Gasteiger partial charge in [-0.15, -0.1) is 0 Å². The molecule has 3 rings (SSSR count). The molecule has 0 aromatic heterocycles. The minimum atomic E-state index is -3.70. The van der Waals surface area contributed by atoms with Crippen LogP contribution in [-0.4, -0.2) is 38.3 Å². The van der Waals surface area contributed by atoms with E-state index in [0.717, 1.165) is 19.3 Å². The minimum Gasteiger partial charge on any atom is -0.433 e. The summed E-state index contributed by atoms with van der Waals surface area (Å²) < 4.78 is 56.8. The Morgan fingerprint density at radius 3 is 2.48 bits per heavy atom. The molecule has 2 aromatic rings. The van der Waals surface area contributed by atoms with Gasteiger partial charge in [-0.05, 0) is 49.6 Å². The van der Waals surface area contributed by atoms with Gasteiger partial charge in [-0.25, -0.2) is 8.42 Å². The number of sulfonamides is 1. The number of amides is 1. The van der Waals surface area contributed by atoms with Gasteiger partial charge in [0.15, 0.2) is 0 Å². The molecule has 1 heterocycles. The molecular formula is C20H22F2N2O4S. The van der Waals surface area contributed by atoms with Gasteiger partial charge in [-0.1, -0.05) is 24.6 Å². The number of rotatable bonds is 6. The summed E-state index contributed by atoms with van der Waals surface area (Å²) in [7, 11) is -3.70. The fraction of sp³-hybridized carbons (Fsp3) is 0.350. The summed E-state index contributed by atoms with van der Waals surface area (Å²) in [6, 6.07) is 10.2. The molecule has 0 unspecified atom stereocenters. The number of benzene rings is 2. The van der Waals surface area contributed by atoms with Crippen LogP contribution in [0.1, 0.15) is 35.2 Å². The van der Waals surface area contributed by atoms with Crippen LogP contribution >= 0.6 is 0 Å². The number of hydrogen-bond donors (Lipinski definition) is 1. The van der Waals surface area contributed by atoms with Crippen LogP contribution in [-0.2, 0) is 10.0 Å². The van der Waals surface area contributed by atoms with Gasteiger partial charge in [-0.2, -0.15) is 13.1 Å². The van der Waals surface area contributed by atoms with E-state index in [1.54, 1.807) is 19.1 Å². The smallest absolute Gasteiger partial charge is 0.387 e. The van der Waals surface area contributed by atoms with E-state index in [9.17, 15) is 22.0 Å². The maximum atomic E-state index is 12.9. The first-order chi connectivity index (χ1) is 13.8. The number of nitrogens with zero attached hydrogens (tertiary/aromatic N) is 1. The fourth-order valence-corrected chi connectivity index (χ4v) is 4.76. The lowest BCUT2D eigenvalue weighted by Gasteiger charge is -2.26. The van der Waals surface area contributed by atoms with E-state index in [-0.39, 0.29) is 21.9 Å². The van der Waals surface area contributed by atoms with Crippen molar-refractivity contribution in [2.45, 2.75) is 37.7 Å². The second-order valence-electron chi connectivity index (χ2n) is 6.77. The Hall–Kier alpha value is -2.52. The molecule has 0 saturated carbocycles. The first-order valence-corrected chi connectivity index (χ1v) is 10.7. The molecule has 1 saturated heterocycles. The molecule has 0 radical (unpaired) electrons. The number of anilines is 1. The Balaban J connectivity index is 1.88. The van der Waals surface area contributed by atoms with Gasteiger partial charge in [0.25, 0.3) is 5.91 Å². The topological polar surface area (TPSA) is 75.7 Å². The zero-order valence-corrected chi connectivity index (χ0v) is 16.7. The van der Waals surface area contributed by atoms with Crippen molar-refractivity contribution in [3.05, 3.63) is 53.6 Å². The molecule has 1 amide bonds. The zero-order chi connectivity index (χ0) is 21.0. The lowest BCUT2D eigenvalue weighted by Crippen LogP contribution is -2.35. The standard InChI is InChI=1S/C20H22F2N2O4S/c1-14-9-10-15(29(26,27)24-11-5-2-6-12-24)13-16(14)19(25)23-17-7-3-4-8-18(17)28-20(21)22/h3-4,7-10,13,20H,2,5-6,11-12H2,1H3,(H,23,25). The molecule has 9 heteroatoms. The molecule has 0 spiro atoms. The Kier molecular flexibility index (Phi) is 6.49. The van der Waals surface area contributed by atoms with Gasteiger partial charge >= 0.3 is 6.61 Å². The molecule has 0 aliphatic carbocycles. The van der Waals surface area contributed by atoms with Crippen LogP contribution in [0.25, 0.3) is 0 Å². The van der Waals surface area contributed by atoms with Gasteiger partial charge in [0.05, 0.1) is 10.6 Å². The number of nitrogens with one attached hydrogen (secondary N) is 1. The van der Waals surface area contributed by atoms with Gasteiger partial charge in [-0.3, -0.25) is 4.79 Å². The molecule has 1 fully saturated rings. The Bertz CT molecular complexity index is 990. The summed E-state index contributed by atoms with van der Waals surface area (Å²) in [6.07, 6.45) is 2.60. The third-order valence-electron chi connectivity index (χ3n) is 4.76. The van der Waals surface area contributed by atoms with Gasteiger partial charge < -0.3 is 10.1 Å². The molecule has 1 N–H and O–H groups in total. The molecule has 0 bridgehead atoms. The summed E-state index contributed by atoms with van der Waals surface area (Å²) in [5.74, 6) is -0.783. The molecule has 1 aliphatic rings. The number of carbonyl (C=O) groups excluding carboxylic acids is 1. The number of ether oxygens (including phenoxy) is 1. The predicted molar refractivity (Wildman–Crippen MR) is 105 cm³/mol. The van der Waals surface area contributed by atoms with Crippen molar-refractivity contribution in [2.75, 3.05) is 18.4 Å². The lowest BCUT2D eigenvalue weighted by molar-refractivity contribution is -0.0493. The predicted octanol–water partition coefficient (Wildman–Crippen LogP) is 4.02. The van der Waals surface area contributed by atoms with Crippen molar-refractivity contribution in [1.82, 2.24) is 4.31 Å². The first-order valence-electron chi connectivity index (χ1n) is 9.25. The summed E-state index contributed by atoms with van der Waals surface area (Å²) in [5.41, 5.74) is 0.781. The Morgan fingerprint density at radius 1 is 1.10 bits per heavy atom. The van der Waals surface area contributed by atoms with Crippen molar-refractivity contribution in [3.63, 3.8) is 0 Å². The molecule has 2 aromatic carbocycles. The second-order valence-corrected chi connectivity index (χ2v) is 8.71. The van der Waals surface area contributed by atoms with Crippen LogP contribution in [0.2, 0.25) is 0 Å². The fourth-order valence-electron chi connectivity index (χ4n) is 3.22. The molecule has 0 atom stereocenters. The van der Waals surface area contributed by atoms with Gasteiger partial charge in [0.2, 0.25) is 10.0 Å². The number of para-hydroxylation sites is 2. The number of hydrogen-bond acceptors (Lipinski definition) is 4. The van der Waals surface area contributed by atoms with Gasteiger partial charge in [0.1, 0.15) is 5.75 Å². The van der Waals surface area contributed by atoms with E-state index in [2.05, 4.69) is 10.1 Å². The number of aryl methyl sites for hydroxylation is 1. The molecule has 156 valence electrons. The zero-order valence-electron chi connectivity index (χ0n) is 15.9. The quantitative estimate of drug-likeness (QED) is 0.760. The lowest BCUT2D eigenvalue weighted by atomic mass is 10.1. The summed E-state index contributed by atoms with van der Waals surface area (Å²) in [5, 5.41) is 2.53. The maximum Gasteiger partial charge on any atom is 0.387 e. The third kappa shape index (κ3) is 4.91. The van der Waals surface area contributed by atoms with E-state index in [0.29, 0.717) is 18.7 Å². The van der Waals surface area contributed by atoms with Crippen molar-refractivity contribution < 1.29 is 26.7 Å². The molecule has 6 nitrogen and oxygen atoms in total. The normalized spacial score (nSPS) is 15.3. The second kappa shape index (κ2) is 8.87. The van der Waals surface area contributed by atoms with E-state index in [1.165, 1.54) is 34.6 Å². The molecule has 1 aliphatic heterocycles. The number of carbonyl (C=O) groups is 1. The number of piperidine rings is 1. The highest BCUT2D eigenvalue weighted by molar-refractivity contribution is 7.89. The van der Waals surface area contributed by atoms with E-state index in [1.807, 2.05) is 0 Å². The summed E-state index contributed by atoms with van der Waals surface area (Å²) in [6.45, 7) is -0.451. The van der Waals surface area contributed by atoms with Crippen LogP contribution in [0.15, 0.2) is 47.4 Å². The maximum absolute atomic E-state index is 12.9. The SMILES string of the molecule is Cc1ccc(S(=O)(=O)N2CCCCC2)cc1C(=O)Nc1ccccc1OC(F)F. The summed E-state index contributed by atoms with van der Waals surface area (Å²) >= 11 is 0. The minimum absolute atomic E-state index is 0.0345. The highest BCUT2D eigenvalue weighted by atomic mass is 32.2.